The molecule has 44 heavy (non-hydrogen) atoms. The van der Waals surface area contributed by atoms with Gasteiger partial charge >= 0.3 is 0 Å². The molecule has 2 atom stereocenters. The van der Waals surface area contributed by atoms with Crippen molar-refractivity contribution in [2.75, 3.05) is 11.5 Å². The van der Waals surface area contributed by atoms with Crippen LogP contribution in [0.4, 0.5) is 11.4 Å². The van der Waals surface area contributed by atoms with E-state index in [0.717, 1.165) is 50.3 Å². The first-order valence-corrected chi connectivity index (χ1v) is 14.0. The molecule has 0 saturated heterocycles. The summed E-state index contributed by atoms with van der Waals surface area (Å²) in [6.07, 6.45) is 0.784. The fourth-order valence-electron chi connectivity index (χ4n) is 6.34. The second kappa shape index (κ2) is 10.4. The number of nitrogens with one attached hydrogen (secondary N) is 4. The molecule has 10 heteroatoms. The number of aromatic amines is 2. The van der Waals surface area contributed by atoms with Gasteiger partial charge in [-0.05, 0) is 59.7 Å². The van der Waals surface area contributed by atoms with Gasteiger partial charge in [0.25, 0.3) is 11.8 Å². The second-order valence-corrected chi connectivity index (χ2v) is 10.8. The SMILES string of the molecule is Nc1ccc2c(c1)C(c1c(C=O)[nH]c3ccccc13)NC2=O.Nc1ccc2c(c1)C(c1c(CO)[nH]c3ccccc13)NC2=O. The minimum atomic E-state index is -0.373. The Morgan fingerprint density at radius 1 is 0.682 bits per heavy atom. The molecule has 0 spiro atoms. The summed E-state index contributed by atoms with van der Waals surface area (Å²) < 4.78 is 0. The summed E-state index contributed by atoms with van der Waals surface area (Å²) in [7, 11) is 0. The van der Waals surface area contributed by atoms with Crippen LogP contribution in [-0.4, -0.2) is 33.2 Å². The van der Waals surface area contributed by atoms with Crippen molar-refractivity contribution in [2.24, 2.45) is 0 Å². The summed E-state index contributed by atoms with van der Waals surface area (Å²) in [5.74, 6) is -0.267. The number of H-pyrrole nitrogens is 2. The molecule has 4 heterocycles. The summed E-state index contributed by atoms with van der Waals surface area (Å²) in [4.78, 5) is 42.1. The second-order valence-electron chi connectivity index (χ2n) is 10.8. The Kier molecular flexibility index (Phi) is 6.41. The Labute approximate surface area is 251 Å². The first kappa shape index (κ1) is 27.0. The zero-order valence-electron chi connectivity index (χ0n) is 23.3. The van der Waals surface area contributed by atoms with Gasteiger partial charge in [-0.2, -0.15) is 0 Å². The summed E-state index contributed by atoms with van der Waals surface area (Å²) in [5, 5.41) is 17.5. The van der Waals surface area contributed by atoms with E-state index in [1.54, 1.807) is 30.3 Å². The van der Waals surface area contributed by atoms with Crippen LogP contribution in [0, 0.1) is 0 Å². The summed E-state index contributed by atoms with van der Waals surface area (Å²) in [5.41, 5.74) is 20.5. The van der Waals surface area contributed by atoms with Crippen LogP contribution >= 0.6 is 0 Å². The lowest BCUT2D eigenvalue weighted by Gasteiger charge is -2.14. The summed E-state index contributed by atoms with van der Waals surface area (Å²) in [6.45, 7) is -0.117. The van der Waals surface area contributed by atoms with Gasteiger partial charge in [0.05, 0.1) is 24.4 Å². The Bertz CT molecular complexity index is 2130. The highest BCUT2D eigenvalue weighted by molar-refractivity contribution is 6.03. The van der Waals surface area contributed by atoms with Gasteiger partial charge in [0.1, 0.15) is 0 Å². The average molecular weight is 585 g/mol. The number of rotatable bonds is 4. The molecule has 0 aliphatic carbocycles. The number of para-hydroxylation sites is 2. The number of hydrogen-bond acceptors (Lipinski definition) is 6. The van der Waals surface area contributed by atoms with Crippen molar-refractivity contribution in [2.45, 2.75) is 18.7 Å². The van der Waals surface area contributed by atoms with E-state index in [9.17, 15) is 19.5 Å². The average Bonchev–Trinajstić information content (AvgIpc) is 3.77. The van der Waals surface area contributed by atoms with Crippen molar-refractivity contribution < 1.29 is 19.5 Å². The highest BCUT2D eigenvalue weighted by atomic mass is 16.3. The van der Waals surface area contributed by atoms with Crippen molar-refractivity contribution >= 4 is 51.3 Å². The number of carbonyl (C=O) groups is 3. The van der Waals surface area contributed by atoms with Gasteiger partial charge in [-0.3, -0.25) is 14.4 Å². The lowest BCUT2D eigenvalue weighted by molar-refractivity contribution is 0.0952. The monoisotopic (exact) mass is 584 g/mol. The number of aldehydes is 1. The molecule has 2 aromatic heterocycles. The third kappa shape index (κ3) is 4.27. The van der Waals surface area contributed by atoms with Crippen LogP contribution in [0.2, 0.25) is 0 Å². The molecular formula is C34H28N6O4. The maximum atomic E-state index is 12.2. The van der Waals surface area contributed by atoms with E-state index in [1.807, 2.05) is 54.6 Å². The smallest absolute Gasteiger partial charge is 0.252 e. The molecule has 9 N–H and O–H groups in total. The van der Waals surface area contributed by atoms with E-state index in [4.69, 9.17) is 11.5 Å². The first-order chi connectivity index (χ1) is 21.4. The van der Waals surface area contributed by atoms with Gasteiger partial charge in [-0.1, -0.05) is 36.4 Å². The van der Waals surface area contributed by atoms with Gasteiger partial charge in [-0.25, -0.2) is 0 Å². The molecule has 0 radical (unpaired) electrons. The fraction of sp³-hybridized carbons (Fsp3) is 0.0882. The maximum Gasteiger partial charge on any atom is 0.252 e. The van der Waals surface area contributed by atoms with E-state index in [-0.39, 0.29) is 30.5 Å². The number of aromatic nitrogens is 2. The number of carbonyl (C=O) groups excluding carboxylic acids is 3. The van der Waals surface area contributed by atoms with Crippen LogP contribution in [0.15, 0.2) is 84.9 Å². The van der Waals surface area contributed by atoms with E-state index in [0.29, 0.717) is 33.9 Å². The van der Waals surface area contributed by atoms with E-state index in [2.05, 4.69) is 20.6 Å². The van der Waals surface area contributed by atoms with Crippen LogP contribution in [0.25, 0.3) is 21.8 Å². The van der Waals surface area contributed by atoms with Crippen LogP contribution in [0.5, 0.6) is 0 Å². The third-order valence-electron chi connectivity index (χ3n) is 8.27. The molecular weight excluding hydrogens is 556 g/mol. The van der Waals surface area contributed by atoms with Gasteiger partial charge in [0, 0.05) is 61.1 Å². The Morgan fingerprint density at radius 2 is 1.18 bits per heavy atom. The third-order valence-corrected chi connectivity index (χ3v) is 8.27. The number of hydrogen-bond donors (Lipinski definition) is 7. The molecule has 0 saturated carbocycles. The largest absolute Gasteiger partial charge is 0.399 e. The van der Waals surface area contributed by atoms with Gasteiger partial charge < -0.3 is 37.2 Å². The predicted octanol–water partition coefficient (Wildman–Crippen LogP) is 4.47. The van der Waals surface area contributed by atoms with Crippen molar-refractivity contribution in [3.8, 4) is 0 Å². The Balaban J connectivity index is 0.000000142. The highest BCUT2D eigenvalue weighted by Gasteiger charge is 2.34. The number of nitrogens with two attached hydrogens (primary N) is 2. The summed E-state index contributed by atoms with van der Waals surface area (Å²) >= 11 is 0. The van der Waals surface area contributed by atoms with Crippen molar-refractivity contribution in [1.29, 1.82) is 0 Å². The van der Waals surface area contributed by atoms with Gasteiger partial charge in [0.15, 0.2) is 6.29 Å². The van der Waals surface area contributed by atoms with Crippen molar-refractivity contribution in [1.82, 2.24) is 20.6 Å². The van der Waals surface area contributed by atoms with Crippen molar-refractivity contribution in [3.05, 3.63) is 130 Å². The minimum absolute atomic E-state index is 0.117. The van der Waals surface area contributed by atoms with Gasteiger partial charge in [0.2, 0.25) is 0 Å². The number of aliphatic hydroxyl groups excluding tert-OH is 1. The topological polar surface area (TPSA) is 179 Å². The number of aliphatic hydroxyl groups is 1. The van der Waals surface area contributed by atoms with E-state index in [1.165, 1.54) is 0 Å². The number of anilines is 2. The molecule has 2 unspecified atom stereocenters. The molecule has 2 amide bonds. The molecule has 2 aliphatic rings. The number of benzene rings is 4. The van der Waals surface area contributed by atoms with E-state index >= 15 is 0 Å². The maximum absolute atomic E-state index is 12.2. The molecule has 0 fully saturated rings. The Morgan fingerprint density at radius 3 is 1.73 bits per heavy atom. The molecule has 218 valence electrons. The first-order valence-electron chi connectivity index (χ1n) is 14.0. The summed E-state index contributed by atoms with van der Waals surface area (Å²) in [6, 6.07) is 25.3. The molecule has 4 aromatic carbocycles. The molecule has 6 aromatic rings. The number of nitrogen functional groups attached to an aromatic ring is 2. The van der Waals surface area contributed by atoms with E-state index < -0.39 is 0 Å². The van der Waals surface area contributed by atoms with Crippen LogP contribution in [-0.2, 0) is 6.61 Å². The fourth-order valence-corrected chi connectivity index (χ4v) is 6.34. The normalized spacial score (nSPS) is 16.7. The highest BCUT2D eigenvalue weighted by Crippen LogP contribution is 2.39. The van der Waals surface area contributed by atoms with Crippen LogP contribution in [0.1, 0.15) is 71.2 Å². The standard InChI is InChI=1S/C17H15N3O2.C17H13N3O2/c2*18-9-5-6-10-12(7-9)16(20-17(10)22)15-11-3-1-2-4-13(11)19-14(15)8-21/h1-7,16,19,21H,8,18H2,(H,20,22);1-8,16,19H,18H2,(H,20,22). The molecule has 8 rings (SSSR count). The van der Waals surface area contributed by atoms with Crippen LogP contribution in [0.3, 0.4) is 0 Å². The molecule has 2 aliphatic heterocycles. The number of amides is 2. The lowest BCUT2D eigenvalue weighted by atomic mass is 9.95. The lowest BCUT2D eigenvalue weighted by Crippen LogP contribution is -2.20. The molecule has 10 nitrogen and oxygen atoms in total. The van der Waals surface area contributed by atoms with Crippen molar-refractivity contribution in [3.63, 3.8) is 0 Å². The number of fused-ring (bicyclic) bond motifs is 4. The van der Waals surface area contributed by atoms with Crippen LogP contribution < -0.4 is 22.1 Å². The predicted molar refractivity (Wildman–Crippen MR) is 168 cm³/mol. The Hall–Kier alpha value is -5.87. The minimum Gasteiger partial charge on any atom is -0.399 e. The quantitative estimate of drug-likeness (QED) is 0.119. The van der Waals surface area contributed by atoms with Gasteiger partial charge in [-0.15, -0.1) is 0 Å². The molecule has 0 bridgehead atoms. The zero-order valence-corrected chi connectivity index (χ0v) is 23.3. The zero-order chi connectivity index (χ0) is 30.5.